The molecule has 0 aromatic heterocycles. The lowest BCUT2D eigenvalue weighted by molar-refractivity contribution is 0.0935. The summed E-state index contributed by atoms with van der Waals surface area (Å²) in [6.45, 7) is 1.21. The molecular formula is C26H34N2O6. The lowest BCUT2D eigenvalue weighted by atomic mass is 9.81. The van der Waals surface area contributed by atoms with Crippen molar-refractivity contribution < 1.29 is 28.5 Å². The Bertz CT molecular complexity index is 916. The largest absolute Gasteiger partial charge is 0.493 e. The number of rotatable bonds is 10. The van der Waals surface area contributed by atoms with Gasteiger partial charge < -0.3 is 29.6 Å². The molecule has 2 atom stereocenters. The first-order valence-corrected chi connectivity index (χ1v) is 11.5. The van der Waals surface area contributed by atoms with Crippen LogP contribution in [0, 0.1) is 11.8 Å². The van der Waals surface area contributed by atoms with Gasteiger partial charge >= 0.3 is 0 Å². The fraction of sp³-hybridized carbons (Fsp3) is 0.462. The molecule has 1 aliphatic carbocycles. The van der Waals surface area contributed by atoms with Gasteiger partial charge in [-0.1, -0.05) is 6.42 Å². The molecule has 8 nitrogen and oxygen atoms in total. The van der Waals surface area contributed by atoms with Crippen LogP contribution in [0.3, 0.4) is 0 Å². The second-order valence-corrected chi connectivity index (χ2v) is 8.46. The summed E-state index contributed by atoms with van der Waals surface area (Å²) in [5.74, 6) is 2.71. The summed E-state index contributed by atoms with van der Waals surface area (Å²) in [7, 11) is 6.22. The Labute approximate surface area is 200 Å². The number of carbonyl (C=O) groups is 2. The average molecular weight is 471 g/mol. The topological polar surface area (TPSA) is 95.1 Å². The molecule has 2 amide bonds. The molecule has 2 aromatic carbocycles. The van der Waals surface area contributed by atoms with E-state index in [-0.39, 0.29) is 11.8 Å². The zero-order valence-corrected chi connectivity index (χ0v) is 20.3. The molecule has 0 bridgehead atoms. The van der Waals surface area contributed by atoms with Crippen LogP contribution in [0.1, 0.15) is 46.4 Å². The minimum absolute atomic E-state index is 0.134. The number of hydrogen-bond acceptors (Lipinski definition) is 6. The molecule has 0 saturated heterocycles. The van der Waals surface area contributed by atoms with Gasteiger partial charge in [0.2, 0.25) is 0 Å². The van der Waals surface area contributed by atoms with Crippen molar-refractivity contribution >= 4 is 11.8 Å². The molecule has 34 heavy (non-hydrogen) atoms. The molecule has 0 spiro atoms. The smallest absolute Gasteiger partial charge is 0.251 e. The molecule has 1 fully saturated rings. The second-order valence-electron chi connectivity index (χ2n) is 8.46. The van der Waals surface area contributed by atoms with E-state index in [4.69, 9.17) is 18.9 Å². The highest BCUT2D eigenvalue weighted by Crippen LogP contribution is 2.30. The first kappa shape index (κ1) is 25.2. The molecule has 2 aromatic rings. The van der Waals surface area contributed by atoms with E-state index >= 15 is 0 Å². The molecule has 3 rings (SSSR count). The van der Waals surface area contributed by atoms with Gasteiger partial charge in [0.1, 0.15) is 0 Å². The monoisotopic (exact) mass is 470 g/mol. The molecule has 2 N–H and O–H groups in total. The Morgan fingerprint density at radius 2 is 1.12 bits per heavy atom. The first-order valence-electron chi connectivity index (χ1n) is 11.5. The third-order valence-corrected chi connectivity index (χ3v) is 6.29. The zero-order chi connectivity index (χ0) is 24.5. The van der Waals surface area contributed by atoms with Crippen molar-refractivity contribution in [2.45, 2.75) is 25.7 Å². The predicted molar refractivity (Wildman–Crippen MR) is 129 cm³/mol. The Kier molecular flexibility index (Phi) is 9.01. The molecule has 8 heteroatoms. The molecule has 0 unspecified atom stereocenters. The van der Waals surface area contributed by atoms with Crippen molar-refractivity contribution in [2.75, 3.05) is 41.5 Å². The van der Waals surface area contributed by atoms with Gasteiger partial charge in [0.15, 0.2) is 23.0 Å². The van der Waals surface area contributed by atoms with Crippen molar-refractivity contribution in [3.8, 4) is 23.0 Å². The van der Waals surface area contributed by atoms with Gasteiger partial charge in [-0.3, -0.25) is 9.59 Å². The maximum absolute atomic E-state index is 12.6. The van der Waals surface area contributed by atoms with Crippen LogP contribution >= 0.6 is 0 Å². The maximum Gasteiger partial charge on any atom is 0.251 e. The molecule has 184 valence electrons. The van der Waals surface area contributed by atoms with Crippen LogP contribution in [0.15, 0.2) is 36.4 Å². The highest BCUT2D eigenvalue weighted by atomic mass is 16.5. The predicted octanol–water partition coefficient (Wildman–Crippen LogP) is 3.69. The van der Waals surface area contributed by atoms with Crippen LogP contribution in [0.2, 0.25) is 0 Å². The van der Waals surface area contributed by atoms with E-state index < -0.39 is 0 Å². The van der Waals surface area contributed by atoms with Crippen LogP contribution in [0.5, 0.6) is 23.0 Å². The van der Waals surface area contributed by atoms with Crippen molar-refractivity contribution in [2.24, 2.45) is 11.8 Å². The van der Waals surface area contributed by atoms with Crippen molar-refractivity contribution in [1.82, 2.24) is 10.6 Å². The number of methoxy groups -OCH3 is 4. The lowest BCUT2D eigenvalue weighted by Crippen LogP contribution is -2.35. The highest BCUT2D eigenvalue weighted by Gasteiger charge is 2.23. The van der Waals surface area contributed by atoms with Crippen LogP contribution < -0.4 is 29.6 Å². The summed E-state index contributed by atoms with van der Waals surface area (Å²) in [6.07, 6.45) is 4.16. The van der Waals surface area contributed by atoms with Gasteiger partial charge in [-0.25, -0.2) is 0 Å². The fourth-order valence-electron chi connectivity index (χ4n) is 4.41. The van der Waals surface area contributed by atoms with Crippen molar-refractivity contribution in [1.29, 1.82) is 0 Å². The van der Waals surface area contributed by atoms with Gasteiger partial charge in [-0.2, -0.15) is 0 Å². The van der Waals surface area contributed by atoms with Gasteiger partial charge in [0.25, 0.3) is 11.8 Å². The van der Waals surface area contributed by atoms with Gasteiger partial charge in [0.05, 0.1) is 28.4 Å². The van der Waals surface area contributed by atoms with Crippen LogP contribution in [0.4, 0.5) is 0 Å². The number of amides is 2. The number of hydrogen-bond donors (Lipinski definition) is 2. The average Bonchev–Trinajstić information content (AvgIpc) is 2.89. The zero-order valence-electron chi connectivity index (χ0n) is 20.3. The Hall–Kier alpha value is -3.42. The van der Waals surface area contributed by atoms with Crippen molar-refractivity contribution in [3.63, 3.8) is 0 Å². The summed E-state index contributed by atoms with van der Waals surface area (Å²) in [5, 5.41) is 6.09. The van der Waals surface area contributed by atoms with E-state index in [1.165, 1.54) is 0 Å². The lowest BCUT2D eigenvalue weighted by Gasteiger charge is -2.29. The Balaban J connectivity index is 1.49. The van der Waals surface area contributed by atoms with E-state index in [0.29, 0.717) is 59.1 Å². The van der Waals surface area contributed by atoms with E-state index in [2.05, 4.69) is 10.6 Å². The second kappa shape index (κ2) is 12.2. The standard InChI is InChI=1S/C26H34N2O6/c1-31-21-10-8-19(13-23(21)33-3)25(29)27-15-17-6-5-7-18(12-17)16-28-26(30)20-9-11-22(32-2)24(14-20)34-4/h8-11,13-14,17-18H,5-7,12,15-16H2,1-4H3,(H,27,29)(H,28,30)/t17-,18-/m1/s1. The number of nitrogens with one attached hydrogen (secondary N) is 2. The van der Waals surface area contributed by atoms with Crippen LogP contribution in [-0.2, 0) is 0 Å². The molecule has 0 heterocycles. The minimum atomic E-state index is -0.134. The van der Waals surface area contributed by atoms with E-state index in [0.717, 1.165) is 25.7 Å². The quantitative estimate of drug-likeness (QED) is 0.550. The molecular weight excluding hydrogens is 436 g/mol. The summed E-state index contributed by atoms with van der Waals surface area (Å²) in [6, 6.07) is 10.3. The summed E-state index contributed by atoms with van der Waals surface area (Å²) >= 11 is 0. The SMILES string of the molecule is COc1ccc(C(=O)NC[C@@H]2CCC[C@@H](CNC(=O)c3ccc(OC)c(OC)c3)C2)cc1OC. The first-order chi connectivity index (χ1) is 16.5. The van der Waals surface area contributed by atoms with Crippen LogP contribution in [-0.4, -0.2) is 53.3 Å². The van der Waals surface area contributed by atoms with Gasteiger partial charge in [-0.15, -0.1) is 0 Å². The molecule has 1 aliphatic rings. The number of benzene rings is 2. The third-order valence-electron chi connectivity index (χ3n) is 6.29. The van der Waals surface area contributed by atoms with E-state index in [1.807, 2.05) is 0 Å². The Morgan fingerprint density at radius 3 is 1.50 bits per heavy atom. The summed E-state index contributed by atoms with van der Waals surface area (Å²) < 4.78 is 21.0. The molecule has 0 aliphatic heterocycles. The van der Waals surface area contributed by atoms with Gasteiger partial charge in [0, 0.05) is 24.2 Å². The normalized spacial score (nSPS) is 17.4. The third kappa shape index (κ3) is 6.34. The Morgan fingerprint density at radius 1 is 0.706 bits per heavy atom. The summed E-state index contributed by atoms with van der Waals surface area (Å²) in [5.41, 5.74) is 1.07. The highest BCUT2D eigenvalue weighted by molar-refractivity contribution is 5.95. The fourth-order valence-corrected chi connectivity index (χ4v) is 4.41. The summed E-state index contributed by atoms with van der Waals surface area (Å²) in [4.78, 5) is 25.2. The van der Waals surface area contributed by atoms with Crippen molar-refractivity contribution in [3.05, 3.63) is 47.5 Å². The van der Waals surface area contributed by atoms with E-state index in [9.17, 15) is 9.59 Å². The van der Waals surface area contributed by atoms with Crippen LogP contribution in [0.25, 0.3) is 0 Å². The molecule has 1 saturated carbocycles. The molecule has 0 radical (unpaired) electrons. The number of carbonyl (C=O) groups excluding carboxylic acids is 2. The van der Waals surface area contributed by atoms with E-state index in [1.54, 1.807) is 64.8 Å². The maximum atomic E-state index is 12.6. The van der Waals surface area contributed by atoms with Gasteiger partial charge in [-0.05, 0) is 67.5 Å². The number of ether oxygens (including phenoxy) is 4. The minimum Gasteiger partial charge on any atom is -0.493 e.